The summed E-state index contributed by atoms with van der Waals surface area (Å²) in [5.41, 5.74) is 1.97. The minimum atomic E-state index is -0.230. The van der Waals surface area contributed by atoms with Crippen molar-refractivity contribution in [2.24, 2.45) is 0 Å². The van der Waals surface area contributed by atoms with E-state index in [1.54, 1.807) is 12.1 Å². The zero-order chi connectivity index (χ0) is 16.8. The predicted molar refractivity (Wildman–Crippen MR) is 102 cm³/mol. The molecule has 0 aliphatic carbocycles. The first kappa shape index (κ1) is 17.7. The molecule has 1 aromatic carbocycles. The van der Waals surface area contributed by atoms with Crippen molar-refractivity contribution in [1.82, 2.24) is 10.3 Å². The number of H-pyrrole nitrogens is 1. The Morgan fingerprint density at radius 1 is 1.38 bits per heavy atom. The van der Waals surface area contributed by atoms with Crippen LogP contribution in [0.4, 0.5) is 4.39 Å². The average Bonchev–Trinajstić information content (AvgIpc) is 3.22. The molecule has 1 aromatic heterocycles. The van der Waals surface area contributed by atoms with Crippen molar-refractivity contribution in [2.75, 3.05) is 12.3 Å². The molecule has 6 heteroatoms. The van der Waals surface area contributed by atoms with E-state index in [0.29, 0.717) is 19.4 Å². The molecule has 24 heavy (non-hydrogen) atoms. The molecule has 1 unspecified atom stereocenters. The lowest BCUT2D eigenvalue weighted by Gasteiger charge is -2.07. The molecule has 1 atom stereocenters. The molecule has 0 radical (unpaired) electrons. The lowest BCUT2D eigenvalue weighted by molar-refractivity contribution is -0.121. The van der Waals surface area contributed by atoms with E-state index in [0.717, 1.165) is 34.6 Å². The van der Waals surface area contributed by atoms with Crippen molar-refractivity contribution < 1.29 is 9.18 Å². The van der Waals surface area contributed by atoms with Gasteiger partial charge in [-0.15, -0.1) is 0 Å². The van der Waals surface area contributed by atoms with Gasteiger partial charge in [0.05, 0.1) is 0 Å². The number of hydrogen-bond acceptors (Lipinski definition) is 3. The van der Waals surface area contributed by atoms with Gasteiger partial charge >= 0.3 is 0 Å². The fraction of sp³-hybridized carbons (Fsp3) is 0.500. The summed E-state index contributed by atoms with van der Waals surface area (Å²) in [6.45, 7) is 0.595. The minimum Gasteiger partial charge on any atom is -0.361 e. The van der Waals surface area contributed by atoms with Crippen molar-refractivity contribution in [2.45, 2.75) is 43.8 Å². The molecular formula is C18H23FN2OS2. The van der Waals surface area contributed by atoms with Crippen LogP contribution in [0.5, 0.6) is 0 Å². The van der Waals surface area contributed by atoms with Gasteiger partial charge in [0, 0.05) is 41.1 Å². The number of hydrogen-bond donors (Lipinski definition) is 2. The molecule has 2 aromatic rings. The van der Waals surface area contributed by atoms with E-state index >= 15 is 0 Å². The maximum Gasteiger partial charge on any atom is 0.220 e. The number of aromatic amines is 1. The Morgan fingerprint density at radius 2 is 2.29 bits per heavy atom. The maximum atomic E-state index is 13.3. The molecule has 1 aliphatic heterocycles. The SMILES string of the molecule is O=C(CCCCC1CCSS1)NCCc1c[nH]c2ccc(F)cc12. The van der Waals surface area contributed by atoms with Crippen molar-refractivity contribution in [1.29, 1.82) is 0 Å². The zero-order valence-electron chi connectivity index (χ0n) is 13.6. The van der Waals surface area contributed by atoms with Gasteiger partial charge in [-0.2, -0.15) is 0 Å². The summed E-state index contributed by atoms with van der Waals surface area (Å²) in [5.74, 6) is 1.16. The minimum absolute atomic E-state index is 0.120. The van der Waals surface area contributed by atoms with Gasteiger partial charge in [0.25, 0.3) is 0 Å². The quantitative estimate of drug-likeness (QED) is 0.527. The second kappa shape index (κ2) is 8.81. The fourth-order valence-electron chi connectivity index (χ4n) is 3.00. The standard InChI is InChI=1S/C18H23FN2OS2/c19-14-5-6-17-16(11-14)13(12-21-17)7-9-20-18(22)4-2-1-3-15-8-10-23-24-15/h5-6,11-12,15,21H,1-4,7-10H2,(H,20,22). The lowest BCUT2D eigenvalue weighted by atomic mass is 10.1. The first-order valence-electron chi connectivity index (χ1n) is 8.53. The van der Waals surface area contributed by atoms with Crippen molar-refractivity contribution in [3.05, 3.63) is 35.8 Å². The molecule has 2 heterocycles. The fourth-order valence-corrected chi connectivity index (χ4v) is 6.03. The highest BCUT2D eigenvalue weighted by Crippen LogP contribution is 2.39. The molecule has 1 saturated heterocycles. The Hall–Kier alpha value is -1.14. The van der Waals surface area contributed by atoms with Crippen LogP contribution >= 0.6 is 21.6 Å². The number of unbranched alkanes of at least 4 members (excludes halogenated alkanes) is 1. The van der Waals surface area contributed by atoms with Crippen LogP contribution < -0.4 is 5.32 Å². The van der Waals surface area contributed by atoms with Gasteiger partial charge in [0.1, 0.15) is 5.82 Å². The van der Waals surface area contributed by atoms with Crippen LogP contribution in [0.15, 0.2) is 24.4 Å². The molecule has 0 saturated carbocycles. The molecule has 130 valence electrons. The summed E-state index contributed by atoms with van der Waals surface area (Å²) in [4.78, 5) is 15.0. The molecule has 3 rings (SSSR count). The monoisotopic (exact) mass is 366 g/mol. The van der Waals surface area contributed by atoms with E-state index in [1.807, 2.05) is 27.8 Å². The van der Waals surface area contributed by atoms with E-state index in [2.05, 4.69) is 10.3 Å². The second-order valence-corrected chi connectivity index (χ2v) is 8.97. The summed E-state index contributed by atoms with van der Waals surface area (Å²) in [5, 5.41) is 4.66. The first-order chi connectivity index (χ1) is 11.7. The number of fused-ring (bicyclic) bond motifs is 1. The van der Waals surface area contributed by atoms with Gasteiger partial charge in [-0.1, -0.05) is 28.0 Å². The second-order valence-electron chi connectivity index (χ2n) is 6.18. The molecule has 1 aliphatic rings. The first-order valence-corrected chi connectivity index (χ1v) is 10.9. The van der Waals surface area contributed by atoms with Gasteiger partial charge in [-0.3, -0.25) is 4.79 Å². The van der Waals surface area contributed by atoms with Crippen LogP contribution in [0.3, 0.4) is 0 Å². The topological polar surface area (TPSA) is 44.9 Å². The maximum absolute atomic E-state index is 13.3. The predicted octanol–water partition coefficient (Wildman–Crippen LogP) is 4.68. The zero-order valence-corrected chi connectivity index (χ0v) is 15.3. The molecule has 1 fully saturated rings. The van der Waals surface area contributed by atoms with Gasteiger partial charge in [0.2, 0.25) is 5.91 Å². The van der Waals surface area contributed by atoms with Crippen LogP contribution in [0.1, 0.15) is 37.7 Å². The summed E-state index contributed by atoms with van der Waals surface area (Å²) in [6.07, 6.45) is 7.85. The number of nitrogens with one attached hydrogen (secondary N) is 2. The van der Waals surface area contributed by atoms with Gasteiger partial charge < -0.3 is 10.3 Å². The molecule has 0 spiro atoms. The third-order valence-electron chi connectivity index (χ3n) is 4.35. The Bertz CT molecular complexity index is 683. The highest BCUT2D eigenvalue weighted by molar-refractivity contribution is 8.77. The van der Waals surface area contributed by atoms with E-state index in [4.69, 9.17) is 0 Å². The molecule has 0 bridgehead atoms. The van der Waals surface area contributed by atoms with E-state index in [1.165, 1.54) is 24.7 Å². The Kier molecular flexibility index (Phi) is 6.49. The molecule has 2 N–H and O–H groups in total. The molecule has 3 nitrogen and oxygen atoms in total. The van der Waals surface area contributed by atoms with Crippen LogP contribution in [0, 0.1) is 5.82 Å². The van der Waals surface area contributed by atoms with Crippen molar-refractivity contribution >= 4 is 38.4 Å². The van der Waals surface area contributed by atoms with Gasteiger partial charge in [0.15, 0.2) is 0 Å². The number of benzene rings is 1. The number of carbonyl (C=O) groups excluding carboxylic acids is 1. The highest BCUT2D eigenvalue weighted by Gasteiger charge is 2.15. The van der Waals surface area contributed by atoms with Crippen LogP contribution in [0.2, 0.25) is 0 Å². The smallest absolute Gasteiger partial charge is 0.220 e. The van der Waals surface area contributed by atoms with E-state index < -0.39 is 0 Å². The van der Waals surface area contributed by atoms with Crippen molar-refractivity contribution in [3.63, 3.8) is 0 Å². The van der Waals surface area contributed by atoms with Crippen LogP contribution in [0.25, 0.3) is 10.9 Å². The number of carbonyl (C=O) groups is 1. The Balaban J connectivity index is 1.34. The van der Waals surface area contributed by atoms with Gasteiger partial charge in [-0.05, 0) is 49.4 Å². The normalized spacial score (nSPS) is 17.5. The summed E-state index contributed by atoms with van der Waals surface area (Å²) >= 11 is 0. The third kappa shape index (κ3) is 4.93. The number of aromatic nitrogens is 1. The average molecular weight is 367 g/mol. The Labute approximate surface area is 149 Å². The van der Waals surface area contributed by atoms with Crippen LogP contribution in [-0.2, 0) is 11.2 Å². The summed E-state index contributed by atoms with van der Waals surface area (Å²) < 4.78 is 13.3. The number of rotatable bonds is 8. The number of amides is 1. The third-order valence-corrected chi connectivity index (χ3v) is 7.36. The van der Waals surface area contributed by atoms with E-state index in [-0.39, 0.29) is 11.7 Å². The van der Waals surface area contributed by atoms with Crippen LogP contribution in [-0.4, -0.2) is 28.4 Å². The van der Waals surface area contributed by atoms with E-state index in [9.17, 15) is 9.18 Å². The molecular weight excluding hydrogens is 343 g/mol. The molecule has 1 amide bonds. The largest absolute Gasteiger partial charge is 0.361 e. The summed E-state index contributed by atoms with van der Waals surface area (Å²) in [6, 6.07) is 4.74. The van der Waals surface area contributed by atoms with Gasteiger partial charge in [-0.25, -0.2) is 4.39 Å². The Morgan fingerprint density at radius 3 is 3.12 bits per heavy atom. The number of halogens is 1. The highest BCUT2D eigenvalue weighted by atomic mass is 33.1. The summed E-state index contributed by atoms with van der Waals surface area (Å²) in [7, 11) is 3.97. The lowest BCUT2D eigenvalue weighted by Crippen LogP contribution is -2.25. The van der Waals surface area contributed by atoms with Crippen molar-refractivity contribution in [3.8, 4) is 0 Å².